The molecule has 3 atom stereocenters. The van der Waals surface area contributed by atoms with Crippen molar-refractivity contribution in [2.24, 2.45) is 17.6 Å². The highest BCUT2D eigenvalue weighted by atomic mass is 16.2. The highest BCUT2D eigenvalue weighted by Crippen LogP contribution is 2.49. The first-order valence-corrected chi connectivity index (χ1v) is 7.67. The molecule has 2 aromatic rings. The number of carbonyl (C=O) groups is 1. The van der Waals surface area contributed by atoms with Gasteiger partial charge in [0, 0.05) is 37.1 Å². The minimum Gasteiger partial charge on any atom is -0.332 e. The van der Waals surface area contributed by atoms with Gasteiger partial charge < -0.3 is 10.6 Å². The van der Waals surface area contributed by atoms with Gasteiger partial charge in [0.25, 0.3) is 5.91 Å². The second-order valence-electron chi connectivity index (χ2n) is 6.04. The van der Waals surface area contributed by atoms with E-state index in [9.17, 15) is 4.79 Å². The van der Waals surface area contributed by atoms with Crippen molar-refractivity contribution in [2.75, 3.05) is 13.1 Å². The van der Waals surface area contributed by atoms with Crippen LogP contribution in [0, 0.1) is 11.8 Å². The fourth-order valence-electron chi connectivity index (χ4n) is 3.54. The molecule has 0 bridgehead atoms. The number of rotatable bonds is 3. The van der Waals surface area contributed by atoms with Crippen molar-refractivity contribution in [1.29, 1.82) is 0 Å². The average Bonchev–Trinajstić information content (AvgIpc) is 3.26. The lowest BCUT2D eigenvalue weighted by Crippen LogP contribution is -2.43. The van der Waals surface area contributed by atoms with Crippen molar-refractivity contribution in [3.8, 4) is 11.3 Å². The number of nitrogens with two attached hydrogens (primary N) is 1. The molecular weight excluding hydrogens is 276 g/mol. The summed E-state index contributed by atoms with van der Waals surface area (Å²) < 4.78 is 0. The Labute approximate surface area is 129 Å². The Balaban J connectivity index is 1.70. The Bertz CT molecular complexity index is 703. The van der Waals surface area contributed by atoms with Crippen LogP contribution in [0.3, 0.4) is 0 Å². The molecule has 1 saturated heterocycles. The number of hydrogen-bond donors (Lipinski definition) is 1. The Morgan fingerprint density at radius 2 is 2.00 bits per heavy atom. The summed E-state index contributed by atoms with van der Waals surface area (Å²) in [5, 5.41) is 0. The van der Waals surface area contributed by atoms with Crippen LogP contribution in [0.2, 0.25) is 0 Å². The van der Waals surface area contributed by atoms with E-state index in [4.69, 9.17) is 5.73 Å². The molecule has 4 rings (SSSR count). The summed E-state index contributed by atoms with van der Waals surface area (Å²) in [7, 11) is 0. The molecule has 112 valence electrons. The van der Waals surface area contributed by atoms with Gasteiger partial charge in [-0.1, -0.05) is 30.3 Å². The quantitative estimate of drug-likeness (QED) is 0.932. The second-order valence-corrected chi connectivity index (χ2v) is 6.04. The normalized spacial score (nSPS) is 25.9. The molecule has 1 saturated carbocycles. The van der Waals surface area contributed by atoms with Crippen LogP contribution in [0.15, 0.2) is 42.7 Å². The van der Waals surface area contributed by atoms with E-state index in [2.05, 4.69) is 9.97 Å². The predicted molar refractivity (Wildman–Crippen MR) is 82.9 cm³/mol. The zero-order valence-corrected chi connectivity index (χ0v) is 12.2. The molecule has 1 aliphatic heterocycles. The van der Waals surface area contributed by atoms with Gasteiger partial charge in [-0.05, 0) is 18.3 Å². The summed E-state index contributed by atoms with van der Waals surface area (Å²) in [4.78, 5) is 23.5. The SMILES string of the molecule is NC[C@@H]1[C@@H]2C[C@@H]2CN1C(=O)c1nccnc1-c1ccccc1. The van der Waals surface area contributed by atoms with E-state index in [1.165, 1.54) is 6.42 Å². The largest absolute Gasteiger partial charge is 0.332 e. The third-order valence-electron chi connectivity index (χ3n) is 4.75. The van der Waals surface area contributed by atoms with E-state index < -0.39 is 0 Å². The lowest BCUT2D eigenvalue weighted by atomic mass is 10.1. The summed E-state index contributed by atoms with van der Waals surface area (Å²) >= 11 is 0. The molecule has 5 heteroatoms. The molecule has 1 aromatic carbocycles. The van der Waals surface area contributed by atoms with E-state index in [-0.39, 0.29) is 11.9 Å². The smallest absolute Gasteiger partial charge is 0.275 e. The lowest BCUT2D eigenvalue weighted by molar-refractivity contribution is 0.0707. The van der Waals surface area contributed by atoms with Crippen molar-refractivity contribution < 1.29 is 4.79 Å². The van der Waals surface area contributed by atoms with Crippen LogP contribution in [-0.4, -0.2) is 39.9 Å². The minimum atomic E-state index is -0.0467. The van der Waals surface area contributed by atoms with Crippen LogP contribution >= 0.6 is 0 Å². The fourth-order valence-corrected chi connectivity index (χ4v) is 3.54. The third kappa shape index (κ3) is 2.09. The first kappa shape index (κ1) is 13.4. The molecule has 2 heterocycles. The molecule has 2 aliphatic rings. The molecule has 0 spiro atoms. The number of likely N-dealkylation sites (tertiary alicyclic amines) is 1. The molecule has 1 aliphatic carbocycles. The maximum atomic E-state index is 12.9. The Kier molecular flexibility index (Phi) is 3.15. The van der Waals surface area contributed by atoms with Gasteiger partial charge in [-0.15, -0.1) is 0 Å². The fraction of sp³-hybridized carbons (Fsp3) is 0.353. The van der Waals surface area contributed by atoms with Crippen molar-refractivity contribution in [2.45, 2.75) is 12.5 Å². The predicted octanol–water partition coefficient (Wildman–Crippen LogP) is 1.56. The van der Waals surface area contributed by atoms with Crippen molar-refractivity contribution in [3.05, 3.63) is 48.4 Å². The van der Waals surface area contributed by atoms with E-state index >= 15 is 0 Å². The topological polar surface area (TPSA) is 72.1 Å². The Morgan fingerprint density at radius 1 is 1.23 bits per heavy atom. The first-order chi connectivity index (χ1) is 10.8. The molecule has 0 unspecified atom stereocenters. The van der Waals surface area contributed by atoms with Gasteiger partial charge in [-0.2, -0.15) is 0 Å². The highest BCUT2D eigenvalue weighted by molar-refractivity contribution is 5.98. The maximum absolute atomic E-state index is 12.9. The summed E-state index contributed by atoms with van der Waals surface area (Å²) in [5.41, 5.74) is 7.85. The van der Waals surface area contributed by atoms with Gasteiger partial charge in [0.05, 0.1) is 0 Å². The highest BCUT2D eigenvalue weighted by Gasteiger charge is 2.53. The standard InChI is InChI=1S/C17H18N4O/c18-9-14-13-8-12(13)10-21(14)17(22)16-15(19-6-7-20-16)11-4-2-1-3-5-11/h1-7,12-14H,8-10,18H2/t12-,13-,14-/m1/s1. The number of aromatic nitrogens is 2. The van der Waals surface area contributed by atoms with Gasteiger partial charge in [-0.3, -0.25) is 9.78 Å². The number of fused-ring (bicyclic) bond motifs is 1. The van der Waals surface area contributed by atoms with Crippen molar-refractivity contribution in [3.63, 3.8) is 0 Å². The molecule has 0 radical (unpaired) electrons. The molecule has 2 fully saturated rings. The summed E-state index contributed by atoms with van der Waals surface area (Å²) in [5.74, 6) is 1.18. The zero-order valence-electron chi connectivity index (χ0n) is 12.2. The van der Waals surface area contributed by atoms with E-state index in [1.54, 1.807) is 12.4 Å². The van der Waals surface area contributed by atoms with Gasteiger partial charge in [0.2, 0.25) is 0 Å². The average molecular weight is 294 g/mol. The number of piperidine rings is 1. The summed E-state index contributed by atoms with van der Waals surface area (Å²) in [6, 6.07) is 9.87. The number of amides is 1. The Morgan fingerprint density at radius 3 is 2.77 bits per heavy atom. The first-order valence-electron chi connectivity index (χ1n) is 7.67. The van der Waals surface area contributed by atoms with Crippen LogP contribution < -0.4 is 5.73 Å². The number of benzene rings is 1. The Hall–Kier alpha value is -2.27. The van der Waals surface area contributed by atoms with Crippen molar-refractivity contribution in [1.82, 2.24) is 14.9 Å². The van der Waals surface area contributed by atoms with Gasteiger partial charge in [0.15, 0.2) is 5.69 Å². The molecule has 1 aromatic heterocycles. The second kappa shape index (κ2) is 5.18. The van der Waals surface area contributed by atoms with Crippen LogP contribution in [0.5, 0.6) is 0 Å². The molecule has 5 nitrogen and oxygen atoms in total. The van der Waals surface area contributed by atoms with Gasteiger partial charge in [0.1, 0.15) is 5.69 Å². The van der Waals surface area contributed by atoms with E-state index in [0.29, 0.717) is 29.8 Å². The lowest BCUT2D eigenvalue weighted by Gasteiger charge is -2.26. The third-order valence-corrected chi connectivity index (χ3v) is 4.75. The van der Waals surface area contributed by atoms with Gasteiger partial charge >= 0.3 is 0 Å². The van der Waals surface area contributed by atoms with E-state index in [1.807, 2.05) is 35.2 Å². The number of hydrogen-bond acceptors (Lipinski definition) is 4. The van der Waals surface area contributed by atoms with Gasteiger partial charge in [-0.25, -0.2) is 4.98 Å². The molecule has 22 heavy (non-hydrogen) atoms. The number of carbonyl (C=O) groups excluding carboxylic acids is 1. The van der Waals surface area contributed by atoms with Crippen molar-refractivity contribution >= 4 is 5.91 Å². The number of nitrogens with zero attached hydrogens (tertiary/aromatic N) is 3. The van der Waals surface area contributed by atoms with Crippen LogP contribution in [-0.2, 0) is 0 Å². The molecular formula is C17H18N4O. The van der Waals surface area contributed by atoms with E-state index in [0.717, 1.165) is 12.1 Å². The van der Waals surface area contributed by atoms with Crippen LogP contribution in [0.4, 0.5) is 0 Å². The molecule has 2 N–H and O–H groups in total. The van der Waals surface area contributed by atoms with Crippen LogP contribution in [0.1, 0.15) is 16.9 Å². The monoisotopic (exact) mass is 294 g/mol. The molecule has 1 amide bonds. The zero-order chi connectivity index (χ0) is 15.1. The van der Waals surface area contributed by atoms with Crippen LogP contribution in [0.25, 0.3) is 11.3 Å². The summed E-state index contributed by atoms with van der Waals surface area (Å²) in [6.07, 6.45) is 4.41. The minimum absolute atomic E-state index is 0.0467. The maximum Gasteiger partial charge on any atom is 0.275 e. The summed E-state index contributed by atoms with van der Waals surface area (Å²) in [6.45, 7) is 1.32.